The van der Waals surface area contributed by atoms with Gasteiger partial charge in [-0.15, -0.1) is 0 Å². The Kier molecular flexibility index (Phi) is 2.75. The Hall–Kier alpha value is -0.840. The van der Waals surface area contributed by atoms with Crippen molar-refractivity contribution < 1.29 is 8.42 Å². The Morgan fingerprint density at radius 1 is 1.46 bits per heavy atom. The predicted octanol–water partition coefficient (Wildman–Crippen LogP) is 0.545. The van der Waals surface area contributed by atoms with Gasteiger partial charge in [-0.3, -0.25) is 4.68 Å². The molecular weight excluding hydrogens is 188 g/mol. The number of sulfone groups is 1. The van der Waals surface area contributed by atoms with Gasteiger partial charge in [0.25, 0.3) is 0 Å². The molecule has 0 aliphatic rings. The van der Waals surface area contributed by atoms with Crippen LogP contribution < -0.4 is 0 Å². The van der Waals surface area contributed by atoms with Gasteiger partial charge in [0.2, 0.25) is 0 Å². The van der Waals surface area contributed by atoms with Crippen molar-refractivity contribution in [1.82, 2.24) is 9.78 Å². The van der Waals surface area contributed by atoms with Crippen LogP contribution >= 0.6 is 0 Å². The first kappa shape index (κ1) is 10.2. The maximum atomic E-state index is 10.9. The highest BCUT2D eigenvalue weighted by Crippen LogP contribution is 2.01. The quantitative estimate of drug-likeness (QED) is 0.719. The monoisotopic (exact) mass is 202 g/mol. The molecule has 0 saturated heterocycles. The van der Waals surface area contributed by atoms with Gasteiger partial charge in [0.1, 0.15) is 9.84 Å². The third-order valence-electron chi connectivity index (χ3n) is 1.78. The SMILES string of the molecule is Cc1cc(C)n(CCS(C)(=O)=O)n1. The summed E-state index contributed by atoms with van der Waals surface area (Å²) in [6.45, 7) is 4.25. The van der Waals surface area contributed by atoms with Crippen LogP contribution in [-0.4, -0.2) is 30.2 Å². The highest BCUT2D eigenvalue weighted by atomic mass is 32.2. The Morgan fingerprint density at radius 2 is 2.08 bits per heavy atom. The van der Waals surface area contributed by atoms with Gasteiger partial charge in [-0.25, -0.2) is 8.42 Å². The lowest BCUT2D eigenvalue weighted by Crippen LogP contribution is -2.13. The van der Waals surface area contributed by atoms with Crippen molar-refractivity contribution in [2.24, 2.45) is 0 Å². The minimum atomic E-state index is -2.89. The van der Waals surface area contributed by atoms with Crippen LogP contribution in [0.1, 0.15) is 11.4 Å². The molecule has 0 fully saturated rings. The number of nitrogens with zero attached hydrogens (tertiary/aromatic N) is 2. The van der Waals surface area contributed by atoms with Gasteiger partial charge in [0, 0.05) is 11.9 Å². The highest BCUT2D eigenvalue weighted by Gasteiger charge is 2.05. The standard InChI is InChI=1S/C8H14N2O2S/c1-7-6-8(2)10(9-7)4-5-13(3,11)12/h6H,4-5H2,1-3H3. The van der Waals surface area contributed by atoms with Gasteiger partial charge in [-0.05, 0) is 19.9 Å². The van der Waals surface area contributed by atoms with E-state index >= 15 is 0 Å². The minimum Gasteiger partial charge on any atom is -0.269 e. The summed E-state index contributed by atoms with van der Waals surface area (Å²) in [7, 11) is -2.89. The van der Waals surface area contributed by atoms with Crippen molar-refractivity contribution in [2.75, 3.05) is 12.0 Å². The van der Waals surface area contributed by atoms with Crippen molar-refractivity contribution in [3.63, 3.8) is 0 Å². The second kappa shape index (κ2) is 3.49. The van der Waals surface area contributed by atoms with Crippen LogP contribution in [0.3, 0.4) is 0 Å². The molecule has 0 spiro atoms. The Balaban J connectivity index is 2.70. The van der Waals surface area contributed by atoms with Gasteiger partial charge in [0.05, 0.1) is 18.0 Å². The number of hydrogen-bond acceptors (Lipinski definition) is 3. The molecule has 0 aliphatic carbocycles. The zero-order valence-electron chi connectivity index (χ0n) is 8.11. The summed E-state index contributed by atoms with van der Waals surface area (Å²) in [5.41, 5.74) is 1.92. The smallest absolute Gasteiger partial charge is 0.149 e. The summed E-state index contributed by atoms with van der Waals surface area (Å²) in [5, 5.41) is 4.17. The van der Waals surface area contributed by atoms with E-state index in [-0.39, 0.29) is 5.75 Å². The van der Waals surface area contributed by atoms with Crippen molar-refractivity contribution in [1.29, 1.82) is 0 Å². The normalized spacial score (nSPS) is 11.9. The maximum absolute atomic E-state index is 10.9. The molecule has 1 rings (SSSR count). The Bertz CT molecular complexity index is 392. The largest absolute Gasteiger partial charge is 0.269 e. The molecule has 0 amide bonds. The molecule has 1 heterocycles. The van der Waals surface area contributed by atoms with Crippen LogP contribution in [0.5, 0.6) is 0 Å². The summed E-state index contributed by atoms with van der Waals surface area (Å²) < 4.78 is 23.5. The fraction of sp³-hybridized carbons (Fsp3) is 0.625. The molecule has 0 aromatic carbocycles. The molecule has 0 bridgehead atoms. The lowest BCUT2D eigenvalue weighted by molar-refractivity contribution is 0.581. The van der Waals surface area contributed by atoms with Crippen molar-refractivity contribution >= 4 is 9.84 Å². The zero-order valence-corrected chi connectivity index (χ0v) is 8.93. The molecule has 0 unspecified atom stereocenters. The second-order valence-electron chi connectivity index (χ2n) is 3.28. The van der Waals surface area contributed by atoms with Gasteiger partial charge in [-0.2, -0.15) is 5.10 Å². The molecule has 13 heavy (non-hydrogen) atoms. The van der Waals surface area contributed by atoms with E-state index in [4.69, 9.17) is 0 Å². The number of hydrogen-bond donors (Lipinski definition) is 0. The summed E-state index contributed by atoms with van der Waals surface area (Å²) in [6, 6.07) is 1.93. The number of aromatic nitrogens is 2. The van der Waals surface area contributed by atoms with Crippen LogP contribution in [0.2, 0.25) is 0 Å². The van der Waals surface area contributed by atoms with E-state index < -0.39 is 9.84 Å². The molecule has 0 N–H and O–H groups in total. The molecule has 1 aromatic rings. The van der Waals surface area contributed by atoms with E-state index in [1.165, 1.54) is 6.26 Å². The molecule has 4 nitrogen and oxygen atoms in total. The van der Waals surface area contributed by atoms with Crippen LogP contribution in [0.25, 0.3) is 0 Å². The molecule has 5 heteroatoms. The molecule has 0 radical (unpaired) electrons. The lowest BCUT2D eigenvalue weighted by atomic mass is 10.4. The molecule has 0 aliphatic heterocycles. The minimum absolute atomic E-state index is 0.148. The lowest BCUT2D eigenvalue weighted by Gasteiger charge is -2.01. The van der Waals surface area contributed by atoms with Crippen molar-refractivity contribution in [3.8, 4) is 0 Å². The highest BCUT2D eigenvalue weighted by molar-refractivity contribution is 7.90. The van der Waals surface area contributed by atoms with Crippen LogP contribution in [0.4, 0.5) is 0 Å². The summed E-state index contributed by atoms with van der Waals surface area (Å²) >= 11 is 0. The van der Waals surface area contributed by atoms with E-state index in [0.717, 1.165) is 11.4 Å². The van der Waals surface area contributed by atoms with Gasteiger partial charge in [-0.1, -0.05) is 0 Å². The third kappa shape index (κ3) is 3.18. The molecular formula is C8H14N2O2S. The third-order valence-corrected chi connectivity index (χ3v) is 2.70. The van der Waals surface area contributed by atoms with Gasteiger partial charge in [0.15, 0.2) is 0 Å². The van der Waals surface area contributed by atoms with Gasteiger partial charge >= 0.3 is 0 Å². The van der Waals surface area contributed by atoms with E-state index in [9.17, 15) is 8.42 Å². The van der Waals surface area contributed by atoms with E-state index in [2.05, 4.69) is 5.10 Å². The number of aryl methyl sites for hydroxylation is 3. The summed E-state index contributed by atoms with van der Waals surface area (Å²) in [5.74, 6) is 0.148. The maximum Gasteiger partial charge on any atom is 0.149 e. The zero-order chi connectivity index (χ0) is 10.1. The van der Waals surface area contributed by atoms with Crippen LogP contribution in [0, 0.1) is 13.8 Å². The topological polar surface area (TPSA) is 52.0 Å². The average molecular weight is 202 g/mol. The van der Waals surface area contributed by atoms with Crippen molar-refractivity contribution in [2.45, 2.75) is 20.4 Å². The van der Waals surface area contributed by atoms with Crippen LogP contribution in [-0.2, 0) is 16.4 Å². The predicted molar refractivity (Wildman–Crippen MR) is 51.4 cm³/mol. The number of rotatable bonds is 3. The molecule has 0 atom stereocenters. The van der Waals surface area contributed by atoms with E-state index in [1.54, 1.807) is 4.68 Å². The molecule has 1 aromatic heterocycles. The first-order chi connectivity index (χ1) is 5.88. The van der Waals surface area contributed by atoms with Crippen molar-refractivity contribution in [3.05, 3.63) is 17.5 Å². The first-order valence-corrected chi connectivity index (χ1v) is 6.13. The first-order valence-electron chi connectivity index (χ1n) is 4.07. The second-order valence-corrected chi connectivity index (χ2v) is 5.54. The molecule has 74 valence electrons. The Morgan fingerprint density at radius 3 is 2.46 bits per heavy atom. The van der Waals surface area contributed by atoms with Gasteiger partial charge < -0.3 is 0 Å². The summed E-state index contributed by atoms with van der Waals surface area (Å²) in [4.78, 5) is 0. The van der Waals surface area contributed by atoms with E-state index in [0.29, 0.717) is 6.54 Å². The fourth-order valence-corrected chi connectivity index (χ4v) is 1.66. The van der Waals surface area contributed by atoms with Crippen LogP contribution in [0.15, 0.2) is 6.07 Å². The summed E-state index contributed by atoms with van der Waals surface area (Å²) in [6.07, 6.45) is 1.23. The molecule has 0 saturated carbocycles. The average Bonchev–Trinajstić information content (AvgIpc) is 2.24. The van der Waals surface area contributed by atoms with E-state index in [1.807, 2.05) is 19.9 Å². The Labute approximate surface area is 78.5 Å². The fourth-order valence-electron chi connectivity index (χ4n) is 1.15.